The molecule has 1 N–H and O–H groups in total. The lowest BCUT2D eigenvalue weighted by Gasteiger charge is -2.07. The van der Waals surface area contributed by atoms with Crippen molar-refractivity contribution in [2.24, 2.45) is 0 Å². The van der Waals surface area contributed by atoms with Crippen molar-refractivity contribution in [2.75, 3.05) is 11.9 Å². The normalized spacial score (nSPS) is 10.5. The number of anilines is 1. The Bertz CT molecular complexity index is 658. The Morgan fingerprint density at radius 2 is 2.29 bits per heavy atom. The number of aryl methyl sites for hydroxylation is 1. The summed E-state index contributed by atoms with van der Waals surface area (Å²) in [5.41, 5.74) is 1.58. The highest BCUT2D eigenvalue weighted by molar-refractivity contribution is 6.30. The molecule has 2 rings (SSSR count). The van der Waals surface area contributed by atoms with Gasteiger partial charge in [0.15, 0.2) is 6.61 Å². The van der Waals surface area contributed by atoms with Crippen molar-refractivity contribution in [1.29, 1.82) is 0 Å². The van der Waals surface area contributed by atoms with Gasteiger partial charge in [-0.15, -0.1) is 0 Å². The molecule has 0 radical (unpaired) electrons. The zero-order chi connectivity index (χ0) is 15.4. The Morgan fingerprint density at radius 1 is 1.52 bits per heavy atom. The molecule has 1 heterocycles. The van der Waals surface area contributed by atoms with Crippen LogP contribution < -0.4 is 10.1 Å². The Balaban J connectivity index is 1.94. The van der Waals surface area contributed by atoms with Crippen LogP contribution in [-0.2, 0) is 11.2 Å². The second-order valence-electron chi connectivity index (χ2n) is 4.34. The number of ether oxygens (including phenoxy) is 1. The molecule has 0 spiro atoms. The Morgan fingerprint density at radius 3 is 2.95 bits per heavy atom. The fourth-order valence-corrected chi connectivity index (χ4v) is 1.95. The van der Waals surface area contributed by atoms with Gasteiger partial charge < -0.3 is 9.26 Å². The van der Waals surface area contributed by atoms with Crippen LogP contribution in [0.15, 0.2) is 22.7 Å². The zero-order valence-corrected chi connectivity index (χ0v) is 12.3. The van der Waals surface area contributed by atoms with Gasteiger partial charge in [-0.05, 0) is 25.5 Å². The minimum absolute atomic E-state index is 0.0629. The van der Waals surface area contributed by atoms with Crippen LogP contribution in [0.2, 0.25) is 5.02 Å². The lowest BCUT2D eigenvalue weighted by molar-refractivity contribution is -0.118. The first-order chi connectivity index (χ1) is 10.0. The number of rotatable bonds is 5. The highest BCUT2D eigenvalue weighted by Gasteiger charge is 2.14. The molecule has 0 saturated heterocycles. The molecular formula is C14H14ClFN2O3. The Kier molecular flexibility index (Phi) is 4.80. The highest BCUT2D eigenvalue weighted by atomic mass is 35.5. The molecule has 0 aliphatic heterocycles. The monoisotopic (exact) mass is 312 g/mol. The average Bonchev–Trinajstić information content (AvgIpc) is 2.80. The summed E-state index contributed by atoms with van der Waals surface area (Å²) in [4.78, 5) is 11.8. The third kappa shape index (κ3) is 3.72. The van der Waals surface area contributed by atoms with Crippen LogP contribution in [0.3, 0.4) is 0 Å². The average molecular weight is 313 g/mol. The first-order valence-electron chi connectivity index (χ1n) is 6.34. The van der Waals surface area contributed by atoms with Crippen molar-refractivity contribution >= 4 is 23.4 Å². The Hall–Kier alpha value is -2.08. The van der Waals surface area contributed by atoms with Crippen molar-refractivity contribution in [3.8, 4) is 5.75 Å². The number of nitrogens with one attached hydrogen (secondary N) is 1. The molecule has 0 unspecified atom stereocenters. The number of nitrogens with zero attached hydrogens (tertiary/aromatic N) is 1. The minimum atomic E-state index is -0.543. The van der Waals surface area contributed by atoms with E-state index in [9.17, 15) is 9.18 Å². The third-order valence-corrected chi connectivity index (χ3v) is 3.14. The largest absolute Gasteiger partial charge is 0.484 e. The van der Waals surface area contributed by atoms with Gasteiger partial charge in [-0.25, -0.2) is 4.39 Å². The van der Waals surface area contributed by atoms with E-state index in [4.69, 9.17) is 20.9 Å². The van der Waals surface area contributed by atoms with Crippen LogP contribution in [-0.4, -0.2) is 17.7 Å². The van der Waals surface area contributed by atoms with Crippen molar-refractivity contribution in [1.82, 2.24) is 5.16 Å². The highest BCUT2D eigenvalue weighted by Crippen LogP contribution is 2.22. The zero-order valence-electron chi connectivity index (χ0n) is 11.6. The van der Waals surface area contributed by atoms with Crippen LogP contribution >= 0.6 is 11.6 Å². The number of carbonyl (C=O) groups is 1. The van der Waals surface area contributed by atoms with E-state index >= 15 is 0 Å². The fourth-order valence-electron chi connectivity index (χ4n) is 1.78. The molecule has 7 heteroatoms. The predicted octanol–water partition coefficient (Wildman–Crippen LogP) is 3.36. The maximum absolute atomic E-state index is 13.0. The number of amides is 1. The summed E-state index contributed by atoms with van der Waals surface area (Å²) in [6.45, 7) is 3.49. The van der Waals surface area contributed by atoms with E-state index in [1.165, 1.54) is 18.2 Å². The van der Waals surface area contributed by atoms with Gasteiger partial charge in [0.25, 0.3) is 5.91 Å². The number of carbonyl (C=O) groups excluding carboxylic acids is 1. The quantitative estimate of drug-likeness (QED) is 0.919. The SMILES string of the molecule is CCc1c(C)noc1NC(=O)COc1ccc(F)c(Cl)c1. The van der Waals surface area contributed by atoms with E-state index in [0.29, 0.717) is 18.1 Å². The topological polar surface area (TPSA) is 64.4 Å². The standard InChI is InChI=1S/C14H14ClFN2O3/c1-3-10-8(2)18-21-14(10)17-13(19)7-20-9-4-5-12(16)11(15)6-9/h4-6H,3,7H2,1-2H3,(H,17,19). The van der Waals surface area contributed by atoms with Crippen molar-refractivity contribution in [2.45, 2.75) is 20.3 Å². The molecular weight excluding hydrogens is 299 g/mol. The number of hydrogen-bond donors (Lipinski definition) is 1. The summed E-state index contributed by atoms with van der Waals surface area (Å²) >= 11 is 5.62. The number of hydrogen-bond acceptors (Lipinski definition) is 4. The number of benzene rings is 1. The lowest BCUT2D eigenvalue weighted by atomic mass is 10.2. The van der Waals surface area contributed by atoms with Gasteiger partial charge in [0.05, 0.1) is 10.7 Å². The Labute approximate surface area is 126 Å². The van der Waals surface area contributed by atoms with Gasteiger partial charge in [0.1, 0.15) is 11.6 Å². The number of halogens is 2. The van der Waals surface area contributed by atoms with E-state index in [1.54, 1.807) is 6.92 Å². The van der Waals surface area contributed by atoms with Crippen LogP contribution in [0.5, 0.6) is 5.75 Å². The summed E-state index contributed by atoms with van der Waals surface area (Å²) in [6.07, 6.45) is 0.694. The van der Waals surface area contributed by atoms with Crippen LogP contribution in [0, 0.1) is 12.7 Å². The van der Waals surface area contributed by atoms with Crippen LogP contribution in [0.4, 0.5) is 10.3 Å². The van der Waals surface area contributed by atoms with Gasteiger partial charge in [0, 0.05) is 11.6 Å². The first-order valence-corrected chi connectivity index (χ1v) is 6.72. The van der Waals surface area contributed by atoms with Gasteiger partial charge in [-0.3, -0.25) is 10.1 Å². The smallest absolute Gasteiger partial charge is 0.264 e. The molecule has 0 aliphatic carbocycles. The van der Waals surface area contributed by atoms with Crippen molar-refractivity contribution < 1.29 is 18.4 Å². The first kappa shape index (κ1) is 15.3. The fraction of sp³-hybridized carbons (Fsp3) is 0.286. The molecule has 1 amide bonds. The molecule has 1 aromatic heterocycles. The van der Waals surface area contributed by atoms with E-state index in [-0.39, 0.29) is 11.6 Å². The molecule has 0 fully saturated rings. The lowest BCUT2D eigenvalue weighted by Crippen LogP contribution is -2.20. The third-order valence-electron chi connectivity index (χ3n) is 2.85. The van der Waals surface area contributed by atoms with Crippen molar-refractivity contribution in [3.05, 3.63) is 40.3 Å². The molecule has 0 atom stereocenters. The maximum atomic E-state index is 13.0. The van der Waals surface area contributed by atoms with E-state index in [2.05, 4.69) is 10.5 Å². The van der Waals surface area contributed by atoms with Gasteiger partial charge in [-0.2, -0.15) is 0 Å². The summed E-state index contributed by atoms with van der Waals surface area (Å²) in [7, 11) is 0. The summed E-state index contributed by atoms with van der Waals surface area (Å²) in [5.74, 6) is -0.318. The van der Waals surface area contributed by atoms with Crippen LogP contribution in [0.25, 0.3) is 0 Å². The van der Waals surface area contributed by atoms with Gasteiger partial charge in [-0.1, -0.05) is 23.7 Å². The second-order valence-corrected chi connectivity index (χ2v) is 4.75. The second kappa shape index (κ2) is 6.58. The molecule has 2 aromatic rings. The number of aromatic nitrogens is 1. The summed E-state index contributed by atoms with van der Waals surface area (Å²) in [6, 6.07) is 3.87. The molecule has 1 aromatic carbocycles. The minimum Gasteiger partial charge on any atom is -0.484 e. The molecule has 5 nitrogen and oxygen atoms in total. The summed E-state index contributed by atoms with van der Waals surface area (Å²) < 4.78 is 23.3. The summed E-state index contributed by atoms with van der Waals surface area (Å²) in [5, 5.41) is 6.31. The molecule has 0 saturated carbocycles. The van der Waals surface area contributed by atoms with Gasteiger partial charge >= 0.3 is 0 Å². The van der Waals surface area contributed by atoms with Gasteiger partial charge in [0.2, 0.25) is 5.88 Å². The van der Waals surface area contributed by atoms with Crippen molar-refractivity contribution in [3.63, 3.8) is 0 Å². The molecule has 21 heavy (non-hydrogen) atoms. The molecule has 0 bridgehead atoms. The van der Waals surface area contributed by atoms with E-state index in [1.807, 2.05) is 6.92 Å². The van der Waals surface area contributed by atoms with Crippen LogP contribution in [0.1, 0.15) is 18.2 Å². The molecule has 112 valence electrons. The molecule has 0 aliphatic rings. The van der Waals surface area contributed by atoms with E-state index in [0.717, 1.165) is 11.3 Å². The predicted molar refractivity (Wildman–Crippen MR) is 76.2 cm³/mol. The maximum Gasteiger partial charge on any atom is 0.264 e. The van der Waals surface area contributed by atoms with E-state index < -0.39 is 11.7 Å².